The molecule has 0 aliphatic rings. The van der Waals surface area contributed by atoms with Gasteiger partial charge in [0, 0.05) is 0 Å². The van der Waals surface area contributed by atoms with Gasteiger partial charge >= 0.3 is 0 Å². The summed E-state index contributed by atoms with van der Waals surface area (Å²) < 4.78 is 5.55. The Balaban J connectivity index is 3.26. The van der Waals surface area contributed by atoms with Gasteiger partial charge in [0.15, 0.2) is 11.5 Å². The van der Waals surface area contributed by atoms with Crippen LogP contribution in [-0.2, 0) is 0 Å². The van der Waals surface area contributed by atoms with Gasteiger partial charge in [0.05, 0.1) is 17.7 Å². The van der Waals surface area contributed by atoms with Gasteiger partial charge in [-0.25, -0.2) is 0 Å². The molecule has 16 heavy (non-hydrogen) atoms. The lowest BCUT2D eigenvalue weighted by Crippen LogP contribution is -2.18. The largest absolute Gasteiger partial charge is 0.503 e. The molecule has 0 fully saturated rings. The summed E-state index contributed by atoms with van der Waals surface area (Å²) in [6, 6.07) is 5.19. The van der Waals surface area contributed by atoms with Crippen LogP contribution in [-0.4, -0.2) is 31.2 Å². The predicted octanol–water partition coefficient (Wildman–Crippen LogP) is 2.29. The average molecular weight is 285 g/mol. The van der Waals surface area contributed by atoms with Crippen molar-refractivity contribution in [2.24, 2.45) is 0 Å². The maximum atomic E-state index is 9.65. The van der Waals surface area contributed by atoms with Crippen molar-refractivity contribution in [3.05, 3.63) is 22.2 Å². The number of aromatic hydroxyl groups is 1. The molecule has 0 heterocycles. The summed E-state index contributed by atoms with van der Waals surface area (Å²) in [6.07, 6.45) is 0. The van der Waals surface area contributed by atoms with E-state index in [1.807, 2.05) is 14.1 Å². The monoisotopic (exact) mass is 284 g/mol. The molecule has 0 spiro atoms. The molecule has 0 bridgehead atoms. The minimum atomic E-state index is -0.370. The third-order valence-electron chi connectivity index (χ3n) is 2.23. The van der Waals surface area contributed by atoms with E-state index in [0.717, 1.165) is 5.56 Å². The summed E-state index contributed by atoms with van der Waals surface area (Å²) in [5.41, 5.74) is 0.772. The summed E-state index contributed by atoms with van der Waals surface area (Å²) in [5.74, 6) is 0.396. The summed E-state index contributed by atoms with van der Waals surface area (Å²) in [7, 11) is 5.12. The van der Waals surface area contributed by atoms with Gasteiger partial charge in [-0.1, -0.05) is 0 Å². The van der Waals surface area contributed by atoms with Gasteiger partial charge in [-0.05, 0) is 47.7 Å². The number of rotatable bonds is 3. The Hall–Kier alpha value is -1.25. The Bertz CT molecular complexity index is 427. The van der Waals surface area contributed by atoms with E-state index in [1.165, 1.54) is 7.11 Å². The molecule has 1 N–H and O–H groups in total. The molecular weight excluding hydrogens is 272 g/mol. The fourth-order valence-electron chi connectivity index (χ4n) is 1.40. The van der Waals surface area contributed by atoms with Crippen LogP contribution < -0.4 is 4.74 Å². The molecule has 0 radical (unpaired) electrons. The SMILES string of the molecule is COc1cc(C(C#N)N(C)C)cc(Br)c1O. The van der Waals surface area contributed by atoms with Gasteiger partial charge in [0.25, 0.3) is 0 Å². The first-order valence-electron chi connectivity index (χ1n) is 4.63. The van der Waals surface area contributed by atoms with Crippen LogP contribution in [0.5, 0.6) is 11.5 Å². The lowest BCUT2D eigenvalue weighted by molar-refractivity contribution is 0.350. The molecule has 0 aromatic heterocycles. The number of phenols is 1. The van der Waals surface area contributed by atoms with Crippen molar-refractivity contribution in [1.29, 1.82) is 5.26 Å². The number of methoxy groups -OCH3 is 1. The number of nitrogens with zero attached hydrogens (tertiary/aromatic N) is 2. The van der Waals surface area contributed by atoms with Crippen LogP contribution in [0.4, 0.5) is 0 Å². The first-order valence-corrected chi connectivity index (χ1v) is 5.43. The van der Waals surface area contributed by atoms with E-state index >= 15 is 0 Å². The van der Waals surface area contributed by atoms with Crippen molar-refractivity contribution >= 4 is 15.9 Å². The van der Waals surface area contributed by atoms with E-state index in [9.17, 15) is 5.11 Å². The molecular formula is C11H13BrN2O2. The zero-order valence-corrected chi connectivity index (χ0v) is 10.9. The summed E-state index contributed by atoms with van der Waals surface area (Å²) in [6.45, 7) is 0. The van der Waals surface area contributed by atoms with E-state index in [0.29, 0.717) is 10.2 Å². The van der Waals surface area contributed by atoms with Crippen LogP contribution in [0.1, 0.15) is 11.6 Å². The fourth-order valence-corrected chi connectivity index (χ4v) is 1.86. The van der Waals surface area contributed by atoms with Gasteiger partial charge in [-0.15, -0.1) is 0 Å². The Morgan fingerprint density at radius 3 is 2.56 bits per heavy atom. The molecule has 1 aromatic rings. The Morgan fingerprint density at radius 1 is 1.50 bits per heavy atom. The minimum Gasteiger partial charge on any atom is -0.503 e. The van der Waals surface area contributed by atoms with Crippen LogP contribution in [0.2, 0.25) is 0 Å². The second-order valence-electron chi connectivity index (χ2n) is 3.55. The highest BCUT2D eigenvalue weighted by Gasteiger charge is 2.17. The zero-order chi connectivity index (χ0) is 12.3. The zero-order valence-electron chi connectivity index (χ0n) is 9.36. The van der Waals surface area contributed by atoms with Crippen molar-refractivity contribution in [1.82, 2.24) is 4.90 Å². The highest BCUT2D eigenvalue weighted by atomic mass is 79.9. The van der Waals surface area contributed by atoms with E-state index in [-0.39, 0.29) is 11.8 Å². The van der Waals surface area contributed by atoms with Gasteiger partial charge in [0.1, 0.15) is 6.04 Å². The minimum absolute atomic E-state index is 0.0432. The number of ether oxygens (including phenoxy) is 1. The number of hydrogen-bond donors (Lipinski definition) is 1. The normalized spacial score (nSPS) is 12.2. The average Bonchev–Trinajstić information content (AvgIpc) is 2.23. The molecule has 0 saturated heterocycles. The number of hydrogen-bond acceptors (Lipinski definition) is 4. The topological polar surface area (TPSA) is 56.5 Å². The van der Waals surface area contributed by atoms with Crippen LogP contribution in [0, 0.1) is 11.3 Å². The van der Waals surface area contributed by atoms with E-state index in [4.69, 9.17) is 10.00 Å². The van der Waals surface area contributed by atoms with Gasteiger partial charge in [-0.2, -0.15) is 5.26 Å². The third-order valence-corrected chi connectivity index (χ3v) is 2.83. The second-order valence-corrected chi connectivity index (χ2v) is 4.40. The molecule has 4 nitrogen and oxygen atoms in total. The Kier molecular flexibility index (Phi) is 4.16. The molecule has 0 amide bonds. The summed E-state index contributed by atoms with van der Waals surface area (Å²) in [5, 5.41) is 18.7. The molecule has 0 aliphatic heterocycles. The quantitative estimate of drug-likeness (QED) is 0.925. The number of halogens is 1. The van der Waals surface area contributed by atoms with Crippen LogP contribution in [0.25, 0.3) is 0 Å². The molecule has 5 heteroatoms. The number of nitriles is 1. The van der Waals surface area contributed by atoms with Crippen LogP contribution >= 0.6 is 15.9 Å². The van der Waals surface area contributed by atoms with E-state index < -0.39 is 0 Å². The third kappa shape index (κ3) is 2.46. The van der Waals surface area contributed by atoms with Gasteiger partial charge < -0.3 is 9.84 Å². The maximum Gasteiger partial charge on any atom is 0.172 e. The lowest BCUT2D eigenvalue weighted by atomic mass is 10.1. The lowest BCUT2D eigenvalue weighted by Gasteiger charge is -2.18. The standard InChI is InChI=1S/C11H13BrN2O2/c1-14(2)9(6-13)7-4-8(12)11(15)10(5-7)16-3/h4-5,9,15H,1-3H3. The first kappa shape index (κ1) is 12.8. The van der Waals surface area contributed by atoms with Crippen molar-refractivity contribution in [3.63, 3.8) is 0 Å². The molecule has 0 aliphatic carbocycles. The predicted molar refractivity (Wildman–Crippen MR) is 64.4 cm³/mol. The van der Waals surface area contributed by atoms with Crippen molar-refractivity contribution in [3.8, 4) is 17.6 Å². The summed E-state index contributed by atoms with van der Waals surface area (Å²) >= 11 is 3.23. The fraction of sp³-hybridized carbons (Fsp3) is 0.364. The van der Waals surface area contributed by atoms with Crippen molar-refractivity contribution in [2.45, 2.75) is 6.04 Å². The van der Waals surface area contributed by atoms with Crippen LogP contribution in [0.15, 0.2) is 16.6 Å². The van der Waals surface area contributed by atoms with Crippen LogP contribution in [0.3, 0.4) is 0 Å². The van der Waals surface area contributed by atoms with E-state index in [2.05, 4.69) is 22.0 Å². The molecule has 1 atom stereocenters. The van der Waals surface area contributed by atoms with Crippen molar-refractivity contribution in [2.75, 3.05) is 21.2 Å². The van der Waals surface area contributed by atoms with E-state index in [1.54, 1.807) is 17.0 Å². The smallest absolute Gasteiger partial charge is 0.172 e. The molecule has 86 valence electrons. The maximum absolute atomic E-state index is 9.65. The Morgan fingerprint density at radius 2 is 2.12 bits per heavy atom. The van der Waals surface area contributed by atoms with Gasteiger partial charge in [-0.3, -0.25) is 4.90 Å². The number of phenolic OH excluding ortho intramolecular Hbond substituents is 1. The first-order chi connectivity index (χ1) is 7.51. The van der Waals surface area contributed by atoms with Gasteiger partial charge in [0.2, 0.25) is 0 Å². The molecule has 1 unspecified atom stereocenters. The molecule has 1 aromatic carbocycles. The highest BCUT2D eigenvalue weighted by Crippen LogP contribution is 2.37. The highest BCUT2D eigenvalue weighted by molar-refractivity contribution is 9.10. The second kappa shape index (κ2) is 5.19. The molecule has 0 saturated carbocycles. The van der Waals surface area contributed by atoms with Crippen molar-refractivity contribution < 1.29 is 9.84 Å². The Labute approximate surface area is 103 Å². The summed E-state index contributed by atoms with van der Waals surface area (Å²) in [4.78, 5) is 1.79. The number of benzene rings is 1. The molecule has 1 rings (SSSR count).